The van der Waals surface area contributed by atoms with Gasteiger partial charge in [-0.15, -0.1) is 0 Å². The summed E-state index contributed by atoms with van der Waals surface area (Å²) in [5.41, 5.74) is 5.95. The van der Waals surface area contributed by atoms with Gasteiger partial charge in [0.1, 0.15) is 5.75 Å². The van der Waals surface area contributed by atoms with Gasteiger partial charge in [0, 0.05) is 29.9 Å². The van der Waals surface area contributed by atoms with Crippen molar-refractivity contribution < 1.29 is 23.4 Å². The Labute approximate surface area is 207 Å². The SMILES string of the molecule is CCCCOC(C)Oc1ccc(-c2ccc3c(c2)C=C(C(=O)OC)CCN3Cc2ccoc2)cc1. The van der Waals surface area contributed by atoms with E-state index in [1.165, 1.54) is 7.11 Å². The zero-order valence-electron chi connectivity index (χ0n) is 20.7. The number of esters is 1. The number of rotatable bonds is 10. The molecule has 1 atom stereocenters. The lowest BCUT2D eigenvalue weighted by atomic mass is 10.00. The number of fused-ring (bicyclic) bond motifs is 1. The van der Waals surface area contributed by atoms with E-state index in [4.69, 9.17) is 18.6 Å². The molecule has 2 aromatic carbocycles. The number of furan rings is 1. The summed E-state index contributed by atoms with van der Waals surface area (Å²) >= 11 is 0. The molecule has 6 heteroatoms. The van der Waals surface area contributed by atoms with Crippen LogP contribution < -0.4 is 9.64 Å². The van der Waals surface area contributed by atoms with Gasteiger partial charge in [0.15, 0.2) is 6.29 Å². The normalized spacial score (nSPS) is 14.0. The van der Waals surface area contributed by atoms with Crippen molar-refractivity contribution in [2.75, 3.05) is 25.2 Å². The molecule has 0 bridgehead atoms. The fourth-order valence-electron chi connectivity index (χ4n) is 4.18. The largest absolute Gasteiger partial charge is 0.472 e. The molecule has 1 aliphatic rings. The maximum Gasteiger partial charge on any atom is 0.333 e. The number of benzene rings is 2. The average Bonchev–Trinajstić information content (AvgIpc) is 3.32. The van der Waals surface area contributed by atoms with Gasteiger partial charge < -0.3 is 23.5 Å². The van der Waals surface area contributed by atoms with Gasteiger partial charge in [0.05, 0.1) is 26.2 Å². The Balaban J connectivity index is 1.57. The quantitative estimate of drug-likeness (QED) is 0.191. The lowest BCUT2D eigenvalue weighted by molar-refractivity contribution is -0.136. The van der Waals surface area contributed by atoms with E-state index in [9.17, 15) is 4.79 Å². The van der Waals surface area contributed by atoms with Gasteiger partial charge in [0.2, 0.25) is 0 Å². The molecular formula is C29H33NO5. The van der Waals surface area contributed by atoms with Crippen LogP contribution in [0.1, 0.15) is 44.2 Å². The van der Waals surface area contributed by atoms with E-state index in [1.807, 2.05) is 43.3 Å². The summed E-state index contributed by atoms with van der Waals surface area (Å²) in [5.74, 6) is 0.481. The number of unbranched alkanes of at least 4 members (excludes halogenated alkanes) is 1. The summed E-state index contributed by atoms with van der Waals surface area (Å²) in [6.07, 6.45) is 7.83. The summed E-state index contributed by atoms with van der Waals surface area (Å²) in [5, 5.41) is 0. The third-order valence-electron chi connectivity index (χ3n) is 6.09. The van der Waals surface area contributed by atoms with Gasteiger partial charge in [-0.2, -0.15) is 0 Å². The molecule has 1 aliphatic heterocycles. The lowest BCUT2D eigenvalue weighted by Crippen LogP contribution is -2.24. The van der Waals surface area contributed by atoms with Crippen molar-refractivity contribution in [1.29, 1.82) is 0 Å². The first-order chi connectivity index (χ1) is 17.1. The molecule has 1 unspecified atom stereocenters. The lowest BCUT2D eigenvalue weighted by Gasteiger charge is -2.25. The highest BCUT2D eigenvalue weighted by Gasteiger charge is 2.21. The number of hydrogen-bond acceptors (Lipinski definition) is 6. The molecule has 4 rings (SSSR count). The molecule has 0 spiro atoms. The van der Waals surface area contributed by atoms with Gasteiger partial charge in [-0.25, -0.2) is 4.79 Å². The fourth-order valence-corrected chi connectivity index (χ4v) is 4.18. The molecule has 0 aliphatic carbocycles. The van der Waals surface area contributed by atoms with E-state index >= 15 is 0 Å². The highest BCUT2D eigenvalue weighted by atomic mass is 16.7. The van der Waals surface area contributed by atoms with Crippen LogP contribution in [-0.4, -0.2) is 32.5 Å². The van der Waals surface area contributed by atoms with Gasteiger partial charge in [-0.3, -0.25) is 0 Å². The second-order valence-corrected chi connectivity index (χ2v) is 8.67. The number of anilines is 1. The Bertz CT molecular complexity index is 1130. The Kier molecular flexibility index (Phi) is 8.27. The van der Waals surface area contributed by atoms with Gasteiger partial charge in [-0.05, 0) is 72.9 Å². The zero-order chi connectivity index (χ0) is 24.6. The van der Waals surface area contributed by atoms with E-state index in [0.717, 1.165) is 46.5 Å². The highest BCUT2D eigenvalue weighted by Crippen LogP contribution is 2.34. The summed E-state index contributed by atoms with van der Waals surface area (Å²) in [4.78, 5) is 14.6. The number of carbonyl (C=O) groups excluding carboxylic acids is 1. The van der Waals surface area contributed by atoms with Crippen LogP contribution in [0.2, 0.25) is 0 Å². The average molecular weight is 476 g/mol. The number of nitrogens with zero attached hydrogens (tertiary/aromatic N) is 1. The van der Waals surface area contributed by atoms with E-state index < -0.39 is 0 Å². The van der Waals surface area contributed by atoms with Crippen LogP contribution in [0.3, 0.4) is 0 Å². The zero-order valence-corrected chi connectivity index (χ0v) is 20.7. The predicted molar refractivity (Wildman–Crippen MR) is 137 cm³/mol. The molecule has 0 fully saturated rings. The minimum Gasteiger partial charge on any atom is -0.472 e. The van der Waals surface area contributed by atoms with Crippen LogP contribution in [-0.2, 0) is 20.8 Å². The molecule has 184 valence electrons. The van der Waals surface area contributed by atoms with Crippen LogP contribution in [0, 0.1) is 0 Å². The van der Waals surface area contributed by atoms with Crippen molar-refractivity contribution in [2.24, 2.45) is 0 Å². The Morgan fingerprint density at radius 3 is 2.63 bits per heavy atom. The van der Waals surface area contributed by atoms with Gasteiger partial charge >= 0.3 is 5.97 Å². The van der Waals surface area contributed by atoms with Crippen LogP contribution in [0.4, 0.5) is 5.69 Å². The second kappa shape index (κ2) is 11.8. The first kappa shape index (κ1) is 24.6. The van der Waals surface area contributed by atoms with Crippen molar-refractivity contribution >= 4 is 17.7 Å². The fraction of sp³-hybridized carbons (Fsp3) is 0.345. The molecule has 0 radical (unpaired) electrons. The number of methoxy groups -OCH3 is 1. The summed E-state index contributed by atoms with van der Waals surface area (Å²) in [7, 11) is 1.42. The monoisotopic (exact) mass is 475 g/mol. The Morgan fingerprint density at radius 2 is 1.91 bits per heavy atom. The van der Waals surface area contributed by atoms with Gasteiger partial charge in [0.25, 0.3) is 0 Å². The maximum absolute atomic E-state index is 12.4. The predicted octanol–water partition coefficient (Wildman–Crippen LogP) is 6.45. The topological polar surface area (TPSA) is 61.1 Å². The van der Waals surface area contributed by atoms with Crippen molar-refractivity contribution in [3.05, 3.63) is 77.8 Å². The molecule has 0 saturated heterocycles. The summed E-state index contributed by atoms with van der Waals surface area (Å²) in [6.45, 7) is 6.16. The summed E-state index contributed by atoms with van der Waals surface area (Å²) < 4.78 is 21.8. The molecule has 6 nitrogen and oxygen atoms in total. The molecule has 3 aromatic rings. The van der Waals surface area contributed by atoms with E-state index in [1.54, 1.807) is 12.5 Å². The standard InChI is InChI=1S/C29H33NO5/c1-4-5-15-34-21(2)35-27-9-6-23(7-10-27)24-8-11-28-26(17-24)18-25(29(31)32-3)12-14-30(28)19-22-13-16-33-20-22/h6-11,13,16-18,20-21H,4-5,12,14-15,19H2,1-3H3. The molecule has 0 amide bonds. The van der Waals surface area contributed by atoms with E-state index in [0.29, 0.717) is 31.7 Å². The van der Waals surface area contributed by atoms with Crippen LogP contribution >= 0.6 is 0 Å². The molecule has 0 saturated carbocycles. The van der Waals surface area contributed by atoms with Gasteiger partial charge in [-0.1, -0.05) is 31.5 Å². The number of carbonyl (C=O) groups is 1. The van der Waals surface area contributed by atoms with Crippen molar-refractivity contribution in [2.45, 2.75) is 45.9 Å². The number of hydrogen-bond donors (Lipinski definition) is 0. The molecule has 1 aromatic heterocycles. The summed E-state index contributed by atoms with van der Waals surface area (Å²) in [6, 6.07) is 16.3. The van der Waals surface area contributed by atoms with Crippen LogP contribution in [0.5, 0.6) is 5.75 Å². The second-order valence-electron chi connectivity index (χ2n) is 8.67. The molecule has 0 N–H and O–H groups in total. The third kappa shape index (κ3) is 6.34. The minimum absolute atomic E-state index is 0.289. The van der Waals surface area contributed by atoms with Crippen molar-refractivity contribution in [1.82, 2.24) is 0 Å². The smallest absolute Gasteiger partial charge is 0.333 e. The van der Waals surface area contributed by atoms with Crippen LogP contribution in [0.25, 0.3) is 17.2 Å². The first-order valence-electron chi connectivity index (χ1n) is 12.1. The third-order valence-corrected chi connectivity index (χ3v) is 6.09. The van der Waals surface area contributed by atoms with Crippen molar-refractivity contribution in [3.8, 4) is 16.9 Å². The molecule has 35 heavy (non-hydrogen) atoms. The number of ether oxygens (including phenoxy) is 3. The Hall–Kier alpha value is -3.51. The molecule has 2 heterocycles. The van der Waals surface area contributed by atoms with Crippen molar-refractivity contribution in [3.63, 3.8) is 0 Å². The highest BCUT2D eigenvalue weighted by molar-refractivity contribution is 5.96. The Morgan fingerprint density at radius 1 is 1.11 bits per heavy atom. The minimum atomic E-state index is -0.289. The van der Waals surface area contributed by atoms with E-state index in [2.05, 4.69) is 30.0 Å². The van der Waals surface area contributed by atoms with E-state index in [-0.39, 0.29) is 12.3 Å². The first-order valence-corrected chi connectivity index (χ1v) is 12.1. The maximum atomic E-state index is 12.4. The molecular weight excluding hydrogens is 442 g/mol. The van der Waals surface area contributed by atoms with Crippen LogP contribution in [0.15, 0.2) is 71.0 Å².